The normalized spacial score (nSPS) is 12.3. The van der Waals surface area contributed by atoms with Crippen molar-refractivity contribution in [2.24, 2.45) is 0 Å². The standard InChI is InChI=1S/C15H17ClN4.C14H17IN2O2/c1-2-3-8-15(9-17,10-20-12-18-11-19-20)13-4-6-14(16)7-5-13;1-3-7-17-13(18)11-9-10(15)5-6-12(11)16-14(17)19-8-4-2/h4-7,11-12H,2-3,8,10H2,1H3;5-6,9H,3-4,7-8H2,1-2H3. The summed E-state index contributed by atoms with van der Waals surface area (Å²) in [5.41, 5.74) is 1.07. The van der Waals surface area contributed by atoms with Gasteiger partial charge >= 0.3 is 0 Å². The Bertz CT molecular complexity index is 1430. The van der Waals surface area contributed by atoms with Crippen LogP contribution in [0.3, 0.4) is 0 Å². The minimum atomic E-state index is -0.589. The first-order valence-electron chi connectivity index (χ1n) is 13.2. The highest BCUT2D eigenvalue weighted by atomic mass is 127. The lowest BCUT2D eigenvalue weighted by molar-refractivity contribution is 0.272. The number of hydrogen-bond donors (Lipinski definition) is 0. The summed E-state index contributed by atoms with van der Waals surface area (Å²) in [4.78, 5) is 20.9. The molecule has 0 amide bonds. The second-order valence-corrected chi connectivity index (χ2v) is 10.9. The number of unbranched alkanes of at least 4 members (excludes halogenated alkanes) is 1. The van der Waals surface area contributed by atoms with Gasteiger partial charge in [-0.2, -0.15) is 15.3 Å². The molecule has 0 aliphatic rings. The third-order valence-corrected chi connectivity index (χ3v) is 7.15. The van der Waals surface area contributed by atoms with Gasteiger partial charge in [0.05, 0.1) is 30.1 Å². The van der Waals surface area contributed by atoms with E-state index in [1.165, 1.54) is 6.33 Å². The van der Waals surface area contributed by atoms with Gasteiger partial charge in [-0.3, -0.25) is 14.0 Å². The van der Waals surface area contributed by atoms with Gasteiger partial charge < -0.3 is 4.74 Å². The van der Waals surface area contributed by atoms with Gasteiger partial charge in [-0.05, 0) is 77.7 Å². The third-order valence-electron chi connectivity index (χ3n) is 6.23. The number of hydrogen-bond acceptors (Lipinski definition) is 6. The maximum Gasteiger partial charge on any atom is 0.299 e. The van der Waals surface area contributed by atoms with Gasteiger partial charge in [0.2, 0.25) is 0 Å². The van der Waals surface area contributed by atoms with Crippen molar-refractivity contribution in [1.29, 1.82) is 5.26 Å². The molecule has 0 spiro atoms. The molecule has 0 aliphatic carbocycles. The van der Waals surface area contributed by atoms with Gasteiger partial charge in [0.1, 0.15) is 18.1 Å². The van der Waals surface area contributed by atoms with Crippen LogP contribution in [0.2, 0.25) is 5.02 Å². The number of fused-ring (bicyclic) bond motifs is 1. The first-order chi connectivity index (χ1) is 18.9. The van der Waals surface area contributed by atoms with Gasteiger partial charge in [0.25, 0.3) is 11.6 Å². The fourth-order valence-electron chi connectivity index (χ4n) is 4.21. The predicted molar refractivity (Wildman–Crippen MR) is 163 cm³/mol. The Kier molecular flexibility index (Phi) is 11.7. The average Bonchev–Trinajstić information content (AvgIpc) is 3.46. The summed E-state index contributed by atoms with van der Waals surface area (Å²) >= 11 is 8.14. The highest BCUT2D eigenvalue weighted by Gasteiger charge is 2.32. The Labute approximate surface area is 248 Å². The zero-order valence-corrected chi connectivity index (χ0v) is 25.5. The lowest BCUT2D eigenvalue weighted by Gasteiger charge is -2.27. The summed E-state index contributed by atoms with van der Waals surface area (Å²) in [7, 11) is 0. The van der Waals surface area contributed by atoms with Gasteiger partial charge in [0, 0.05) is 15.1 Å². The number of rotatable bonds is 11. The monoisotopic (exact) mass is 660 g/mol. The summed E-state index contributed by atoms with van der Waals surface area (Å²) in [6.45, 7) is 7.91. The number of halogens is 2. The lowest BCUT2D eigenvalue weighted by Crippen LogP contribution is -2.30. The van der Waals surface area contributed by atoms with Crippen molar-refractivity contribution in [3.8, 4) is 12.1 Å². The largest absolute Gasteiger partial charge is 0.465 e. The molecular formula is C29H34ClIN6O2. The zero-order chi connectivity index (χ0) is 28.3. The average molecular weight is 661 g/mol. The van der Waals surface area contributed by atoms with E-state index in [4.69, 9.17) is 16.3 Å². The van der Waals surface area contributed by atoms with Crippen LogP contribution >= 0.6 is 34.2 Å². The van der Waals surface area contributed by atoms with Crippen LogP contribution in [-0.2, 0) is 18.5 Å². The molecule has 10 heteroatoms. The topological polar surface area (TPSA) is 98.6 Å². The van der Waals surface area contributed by atoms with Crippen LogP contribution in [0, 0.1) is 14.9 Å². The van der Waals surface area contributed by atoms with E-state index in [2.05, 4.69) is 50.7 Å². The SMILES string of the molecule is CCCCC(C#N)(Cn1cncn1)c1ccc(Cl)cc1.CCCOc1nc2ccc(I)cc2c(=O)n1CCC. The summed E-state index contributed by atoms with van der Waals surface area (Å²) in [6, 6.07) is 16.1. The number of nitrogens with zero attached hydrogens (tertiary/aromatic N) is 6. The summed E-state index contributed by atoms with van der Waals surface area (Å²) < 4.78 is 9.99. The Morgan fingerprint density at radius 3 is 2.49 bits per heavy atom. The maximum absolute atomic E-state index is 12.5. The molecule has 0 saturated heterocycles. The summed E-state index contributed by atoms with van der Waals surface area (Å²) in [5.74, 6) is 0. The molecule has 0 bridgehead atoms. The van der Waals surface area contributed by atoms with Gasteiger partial charge in [-0.1, -0.05) is 57.3 Å². The van der Waals surface area contributed by atoms with Crippen LogP contribution < -0.4 is 10.3 Å². The van der Waals surface area contributed by atoms with Crippen LogP contribution in [0.15, 0.2) is 59.9 Å². The number of aromatic nitrogens is 5. The number of ether oxygens (including phenoxy) is 1. The highest BCUT2D eigenvalue weighted by molar-refractivity contribution is 14.1. The molecule has 8 nitrogen and oxygen atoms in total. The number of benzene rings is 2. The molecule has 39 heavy (non-hydrogen) atoms. The molecule has 4 rings (SSSR count). The molecule has 0 N–H and O–H groups in total. The minimum absolute atomic E-state index is 0.0172. The van der Waals surface area contributed by atoms with Crippen molar-refractivity contribution in [2.45, 2.75) is 71.4 Å². The van der Waals surface area contributed by atoms with Gasteiger partial charge in [-0.25, -0.2) is 4.98 Å². The van der Waals surface area contributed by atoms with Crippen molar-refractivity contribution in [1.82, 2.24) is 24.3 Å². The van der Waals surface area contributed by atoms with E-state index in [0.29, 0.717) is 41.6 Å². The molecule has 0 radical (unpaired) electrons. The molecule has 0 fully saturated rings. The van der Waals surface area contributed by atoms with E-state index in [-0.39, 0.29) is 5.56 Å². The van der Waals surface area contributed by atoms with E-state index >= 15 is 0 Å². The Morgan fingerprint density at radius 2 is 1.87 bits per heavy atom. The molecule has 0 saturated carbocycles. The minimum Gasteiger partial charge on any atom is -0.465 e. The highest BCUT2D eigenvalue weighted by Crippen LogP contribution is 2.32. The molecule has 206 valence electrons. The molecule has 4 aromatic rings. The smallest absolute Gasteiger partial charge is 0.299 e. The van der Waals surface area contributed by atoms with Crippen molar-refractivity contribution in [3.63, 3.8) is 0 Å². The van der Waals surface area contributed by atoms with Gasteiger partial charge in [-0.15, -0.1) is 0 Å². The van der Waals surface area contributed by atoms with E-state index in [1.54, 1.807) is 15.6 Å². The van der Waals surface area contributed by atoms with E-state index < -0.39 is 5.41 Å². The molecule has 1 unspecified atom stereocenters. The predicted octanol–water partition coefficient (Wildman–Crippen LogP) is 6.78. The Balaban J connectivity index is 0.000000216. The molecule has 1 atom stereocenters. The van der Waals surface area contributed by atoms with Crippen LogP contribution in [-0.4, -0.2) is 30.9 Å². The van der Waals surface area contributed by atoms with Crippen LogP contribution in [0.25, 0.3) is 10.9 Å². The Morgan fingerprint density at radius 1 is 1.10 bits per heavy atom. The van der Waals surface area contributed by atoms with Crippen molar-refractivity contribution in [2.75, 3.05) is 6.61 Å². The van der Waals surface area contributed by atoms with E-state index in [0.717, 1.165) is 41.2 Å². The first-order valence-corrected chi connectivity index (χ1v) is 14.7. The number of nitriles is 1. The quantitative estimate of drug-likeness (QED) is 0.165. The fraction of sp³-hybridized carbons (Fsp3) is 0.414. The molecule has 2 aromatic heterocycles. The molecular weight excluding hydrogens is 627 g/mol. The zero-order valence-electron chi connectivity index (χ0n) is 22.6. The summed E-state index contributed by atoms with van der Waals surface area (Å²) in [6.07, 6.45) is 7.74. The Hall–Kier alpha value is -2.97. The molecule has 2 heterocycles. The van der Waals surface area contributed by atoms with Crippen LogP contribution in [0.4, 0.5) is 0 Å². The maximum atomic E-state index is 12.5. The molecule has 2 aromatic carbocycles. The van der Waals surface area contributed by atoms with Crippen LogP contribution in [0.1, 0.15) is 58.4 Å². The first kappa shape index (κ1) is 30.6. The van der Waals surface area contributed by atoms with Crippen molar-refractivity contribution in [3.05, 3.63) is 79.6 Å². The third kappa shape index (κ3) is 8.02. The molecule has 0 aliphatic heterocycles. The van der Waals surface area contributed by atoms with E-state index in [9.17, 15) is 10.1 Å². The second-order valence-electron chi connectivity index (χ2n) is 9.26. The fourth-order valence-corrected chi connectivity index (χ4v) is 4.82. The summed E-state index contributed by atoms with van der Waals surface area (Å²) in [5, 5.41) is 15.2. The van der Waals surface area contributed by atoms with Crippen LogP contribution in [0.5, 0.6) is 6.01 Å². The van der Waals surface area contributed by atoms with Crippen molar-refractivity contribution >= 4 is 45.1 Å². The lowest BCUT2D eigenvalue weighted by atomic mass is 9.77. The van der Waals surface area contributed by atoms with E-state index in [1.807, 2.05) is 56.3 Å². The second kappa shape index (κ2) is 15.0. The van der Waals surface area contributed by atoms with Gasteiger partial charge in [0.15, 0.2) is 0 Å². The van der Waals surface area contributed by atoms with Crippen molar-refractivity contribution < 1.29 is 4.74 Å².